The molecule has 0 bridgehead atoms. The molecule has 0 saturated carbocycles. The average Bonchev–Trinajstić information content (AvgIpc) is 2.71. The summed E-state index contributed by atoms with van der Waals surface area (Å²) < 4.78 is 0. The number of nitrogens with one attached hydrogen (secondary N) is 1. The number of aryl methyl sites for hydroxylation is 2. The lowest BCUT2D eigenvalue weighted by molar-refractivity contribution is 0.971. The van der Waals surface area contributed by atoms with Crippen LogP contribution in [0.4, 0.5) is 11.5 Å². The standard InChI is InChI=1S/C11H14ClN5S/c1-6-5-18-8(15-6)3-4-14-10-9(13)7(2)16-11(12)17-10/h5H,3-4,13H2,1-2H3,(H,14,16,17). The van der Waals surface area contributed by atoms with Gasteiger partial charge in [0.1, 0.15) is 0 Å². The first-order chi connectivity index (χ1) is 8.56. The largest absolute Gasteiger partial charge is 0.394 e. The smallest absolute Gasteiger partial charge is 0.224 e. The van der Waals surface area contributed by atoms with Crippen LogP contribution in [0.5, 0.6) is 0 Å². The Morgan fingerprint density at radius 2 is 2.11 bits per heavy atom. The van der Waals surface area contributed by atoms with Gasteiger partial charge in [0.15, 0.2) is 5.82 Å². The van der Waals surface area contributed by atoms with Crippen LogP contribution in [0.3, 0.4) is 0 Å². The molecule has 0 aliphatic heterocycles. The van der Waals surface area contributed by atoms with Crippen LogP contribution in [0.25, 0.3) is 0 Å². The molecule has 0 aromatic carbocycles. The summed E-state index contributed by atoms with van der Waals surface area (Å²) in [4.78, 5) is 12.4. The van der Waals surface area contributed by atoms with Crippen molar-refractivity contribution < 1.29 is 0 Å². The van der Waals surface area contributed by atoms with Gasteiger partial charge in [0.25, 0.3) is 0 Å². The predicted octanol–water partition coefficient (Wildman–Crippen LogP) is 2.44. The number of halogens is 1. The van der Waals surface area contributed by atoms with Gasteiger partial charge in [0, 0.05) is 24.0 Å². The Kier molecular flexibility index (Phi) is 3.98. The van der Waals surface area contributed by atoms with E-state index < -0.39 is 0 Å². The fraction of sp³-hybridized carbons (Fsp3) is 0.364. The quantitative estimate of drug-likeness (QED) is 0.843. The Hall–Kier alpha value is -1.40. The van der Waals surface area contributed by atoms with Crippen LogP contribution in [0.1, 0.15) is 16.4 Å². The molecule has 5 nitrogen and oxygen atoms in total. The first-order valence-electron chi connectivity index (χ1n) is 5.50. The Bertz CT molecular complexity index is 554. The highest BCUT2D eigenvalue weighted by molar-refractivity contribution is 7.09. The first-order valence-corrected chi connectivity index (χ1v) is 6.76. The summed E-state index contributed by atoms with van der Waals surface area (Å²) in [5.41, 5.74) is 8.15. The monoisotopic (exact) mass is 283 g/mol. The molecule has 3 N–H and O–H groups in total. The van der Waals surface area contributed by atoms with Crippen LogP contribution in [-0.4, -0.2) is 21.5 Å². The number of aromatic nitrogens is 3. The van der Waals surface area contributed by atoms with Gasteiger partial charge in [-0.05, 0) is 25.4 Å². The molecule has 0 fully saturated rings. The molecule has 0 saturated heterocycles. The lowest BCUT2D eigenvalue weighted by atomic mass is 10.3. The molecule has 0 unspecified atom stereocenters. The van der Waals surface area contributed by atoms with Gasteiger partial charge in [-0.2, -0.15) is 4.98 Å². The summed E-state index contributed by atoms with van der Waals surface area (Å²) >= 11 is 7.45. The molecule has 0 amide bonds. The summed E-state index contributed by atoms with van der Waals surface area (Å²) in [7, 11) is 0. The summed E-state index contributed by atoms with van der Waals surface area (Å²) in [6.07, 6.45) is 0.832. The maximum atomic E-state index is 5.88. The summed E-state index contributed by atoms with van der Waals surface area (Å²) in [5.74, 6) is 0.584. The number of anilines is 2. The van der Waals surface area contributed by atoms with Gasteiger partial charge >= 0.3 is 0 Å². The molecular weight excluding hydrogens is 270 g/mol. The number of nitrogens with two attached hydrogens (primary N) is 1. The average molecular weight is 284 g/mol. The van der Waals surface area contributed by atoms with Gasteiger partial charge in [-0.3, -0.25) is 0 Å². The van der Waals surface area contributed by atoms with Gasteiger partial charge in [-0.25, -0.2) is 9.97 Å². The highest BCUT2D eigenvalue weighted by Gasteiger charge is 2.07. The van der Waals surface area contributed by atoms with Crippen molar-refractivity contribution in [2.45, 2.75) is 20.3 Å². The third-order valence-electron chi connectivity index (χ3n) is 2.41. The van der Waals surface area contributed by atoms with E-state index in [1.165, 1.54) is 0 Å². The van der Waals surface area contributed by atoms with Gasteiger partial charge in [-0.1, -0.05) is 0 Å². The zero-order chi connectivity index (χ0) is 13.1. The highest BCUT2D eigenvalue weighted by atomic mass is 35.5. The second kappa shape index (κ2) is 5.49. The third kappa shape index (κ3) is 3.08. The molecular formula is C11H14ClN5S. The van der Waals surface area contributed by atoms with Crippen LogP contribution in [0.15, 0.2) is 5.38 Å². The molecule has 0 aliphatic rings. The molecule has 0 spiro atoms. The number of thiazole rings is 1. The van der Waals surface area contributed by atoms with Crippen LogP contribution in [0.2, 0.25) is 5.28 Å². The molecule has 2 heterocycles. The maximum absolute atomic E-state index is 5.88. The Balaban J connectivity index is 1.98. The summed E-state index contributed by atoms with van der Waals surface area (Å²) in [5, 5.41) is 6.49. The number of rotatable bonds is 4. The molecule has 18 heavy (non-hydrogen) atoms. The van der Waals surface area contributed by atoms with Gasteiger partial charge < -0.3 is 11.1 Å². The van der Waals surface area contributed by atoms with Crippen molar-refractivity contribution in [3.05, 3.63) is 27.1 Å². The van der Waals surface area contributed by atoms with E-state index in [2.05, 4.69) is 20.3 Å². The fourth-order valence-electron chi connectivity index (χ4n) is 1.49. The number of nitrogen functional groups attached to an aromatic ring is 1. The lowest BCUT2D eigenvalue weighted by Crippen LogP contribution is -2.10. The highest BCUT2D eigenvalue weighted by Crippen LogP contribution is 2.20. The Morgan fingerprint density at radius 3 is 2.78 bits per heavy atom. The Labute approximate surface area is 114 Å². The lowest BCUT2D eigenvalue weighted by Gasteiger charge is -2.09. The second-order valence-corrected chi connectivity index (χ2v) is 5.18. The van der Waals surface area contributed by atoms with Crippen molar-refractivity contribution in [2.75, 3.05) is 17.6 Å². The van der Waals surface area contributed by atoms with Crippen LogP contribution >= 0.6 is 22.9 Å². The zero-order valence-electron chi connectivity index (χ0n) is 10.2. The predicted molar refractivity (Wildman–Crippen MR) is 75.2 cm³/mol. The van der Waals surface area contributed by atoms with Crippen molar-refractivity contribution in [3.8, 4) is 0 Å². The van der Waals surface area contributed by atoms with E-state index in [0.717, 1.165) is 17.1 Å². The van der Waals surface area contributed by atoms with Crippen molar-refractivity contribution in [3.63, 3.8) is 0 Å². The first kappa shape index (κ1) is 13.0. The molecule has 2 aromatic heterocycles. The number of hydrogen-bond donors (Lipinski definition) is 2. The van der Waals surface area contributed by atoms with Crippen molar-refractivity contribution in [2.24, 2.45) is 0 Å². The molecule has 0 radical (unpaired) electrons. The zero-order valence-corrected chi connectivity index (χ0v) is 11.8. The van der Waals surface area contributed by atoms with Crippen LogP contribution < -0.4 is 11.1 Å². The third-order valence-corrected chi connectivity index (χ3v) is 3.60. The molecule has 0 aliphatic carbocycles. The minimum atomic E-state index is 0.203. The fourth-order valence-corrected chi connectivity index (χ4v) is 2.47. The van der Waals surface area contributed by atoms with E-state index >= 15 is 0 Å². The number of nitrogens with zero attached hydrogens (tertiary/aromatic N) is 3. The molecule has 2 rings (SSSR count). The minimum Gasteiger partial charge on any atom is -0.394 e. The van der Waals surface area contributed by atoms with Gasteiger partial charge in [0.2, 0.25) is 5.28 Å². The summed E-state index contributed by atoms with van der Waals surface area (Å²) in [6.45, 7) is 4.50. The molecule has 2 aromatic rings. The Morgan fingerprint density at radius 1 is 1.33 bits per heavy atom. The van der Waals surface area contributed by atoms with Crippen LogP contribution in [0, 0.1) is 13.8 Å². The van der Waals surface area contributed by atoms with Crippen molar-refractivity contribution in [1.29, 1.82) is 0 Å². The van der Waals surface area contributed by atoms with E-state index in [1.807, 2.05) is 12.3 Å². The topological polar surface area (TPSA) is 76.7 Å². The molecule has 7 heteroatoms. The second-order valence-electron chi connectivity index (χ2n) is 3.90. The van der Waals surface area contributed by atoms with E-state index in [9.17, 15) is 0 Å². The van der Waals surface area contributed by atoms with Gasteiger partial charge in [0.05, 0.1) is 16.4 Å². The van der Waals surface area contributed by atoms with E-state index in [0.29, 0.717) is 23.7 Å². The molecule has 96 valence electrons. The normalized spacial score (nSPS) is 10.6. The maximum Gasteiger partial charge on any atom is 0.224 e. The van der Waals surface area contributed by atoms with E-state index in [4.69, 9.17) is 17.3 Å². The minimum absolute atomic E-state index is 0.203. The molecule has 0 atom stereocenters. The van der Waals surface area contributed by atoms with E-state index in [-0.39, 0.29) is 5.28 Å². The van der Waals surface area contributed by atoms with E-state index in [1.54, 1.807) is 18.3 Å². The number of hydrogen-bond acceptors (Lipinski definition) is 6. The van der Waals surface area contributed by atoms with Crippen molar-refractivity contribution in [1.82, 2.24) is 15.0 Å². The van der Waals surface area contributed by atoms with Crippen molar-refractivity contribution >= 4 is 34.4 Å². The SMILES string of the molecule is Cc1csc(CCNc2nc(Cl)nc(C)c2N)n1. The van der Waals surface area contributed by atoms with Gasteiger partial charge in [-0.15, -0.1) is 11.3 Å². The summed E-state index contributed by atoms with van der Waals surface area (Å²) in [6, 6.07) is 0. The van der Waals surface area contributed by atoms with Crippen LogP contribution in [-0.2, 0) is 6.42 Å².